The van der Waals surface area contributed by atoms with Gasteiger partial charge in [0.2, 0.25) is 11.8 Å². The SMILES string of the molecule is Cc1ccc(NC(=O)CNC(=O)C23C[C@@H]4C[C@@H](CC(Cl)(C4)C2)C3)cc1Cl. The van der Waals surface area contributed by atoms with Crippen molar-refractivity contribution in [1.29, 1.82) is 0 Å². The number of carbonyl (C=O) groups excluding carboxylic acids is 2. The van der Waals surface area contributed by atoms with Crippen LogP contribution in [0.15, 0.2) is 18.2 Å². The fraction of sp³-hybridized carbons (Fsp3) is 0.600. The van der Waals surface area contributed by atoms with Crippen molar-refractivity contribution >= 4 is 40.7 Å². The van der Waals surface area contributed by atoms with Gasteiger partial charge in [-0.3, -0.25) is 9.59 Å². The van der Waals surface area contributed by atoms with Crippen LogP contribution in [0.2, 0.25) is 5.02 Å². The molecule has 0 aliphatic heterocycles. The fourth-order valence-electron chi connectivity index (χ4n) is 5.64. The summed E-state index contributed by atoms with van der Waals surface area (Å²) in [4.78, 5) is 24.9. The molecule has 0 heterocycles. The molecule has 140 valence electrons. The molecule has 1 aromatic rings. The average Bonchev–Trinajstić information content (AvgIpc) is 2.53. The number of amides is 2. The highest BCUT2D eigenvalue weighted by Gasteiger charge is 2.60. The monoisotopic (exact) mass is 394 g/mol. The standard InChI is InChI=1S/C20H24Cl2N2O2/c1-12-2-3-15(5-16(12)21)24-17(25)10-23-18(26)19-6-13-4-14(7-19)9-20(22,8-13)11-19/h2-3,5,13-14H,4,6-11H2,1H3,(H,23,26)(H,24,25)/t13-,14+,19?,20?. The van der Waals surface area contributed by atoms with Crippen LogP contribution in [-0.4, -0.2) is 23.2 Å². The van der Waals surface area contributed by atoms with E-state index in [9.17, 15) is 9.59 Å². The van der Waals surface area contributed by atoms with Crippen LogP contribution in [-0.2, 0) is 9.59 Å². The zero-order valence-corrected chi connectivity index (χ0v) is 16.4. The number of halogens is 2. The van der Waals surface area contributed by atoms with Gasteiger partial charge < -0.3 is 10.6 Å². The smallest absolute Gasteiger partial charge is 0.243 e. The van der Waals surface area contributed by atoms with Crippen molar-refractivity contribution in [2.24, 2.45) is 17.3 Å². The molecular weight excluding hydrogens is 371 g/mol. The summed E-state index contributed by atoms with van der Waals surface area (Å²) in [6, 6.07) is 5.37. The first-order valence-corrected chi connectivity index (χ1v) is 10.1. The largest absolute Gasteiger partial charge is 0.347 e. The summed E-state index contributed by atoms with van der Waals surface area (Å²) < 4.78 is 0. The number of carbonyl (C=O) groups is 2. The van der Waals surface area contributed by atoms with E-state index in [1.54, 1.807) is 12.1 Å². The predicted octanol–water partition coefficient (Wildman–Crippen LogP) is 4.28. The van der Waals surface area contributed by atoms with Crippen LogP contribution >= 0.6 is 23.2 Å². The summed E-state index contributed by atoms with van der Waals surface area (Å²) >= 11 is 12.9. The van der Waals surface area contributed by atoms with Gasteiger partial charge in [0.05, 0.1) is 12.0 Å². The van der Waals surface area contributed by atoms with E-state index >= 15 is 0 Å². The summed E-state index contributed by atoms with van der Waals surface area (Å²) in [5.41, 5.74) is 1.21. The van der Waals surface area contributed by atoms with Gasteiger partial charge in [-0.05, 0) is 75.0 Å². The second-order valence-electron chi connectivity index (χ2n) is 8.59. The van der Waals surface area contributed by atoms with E-state index in [2.05, 4.69) is 10.6 Å². The van der Waals surface area contributed by atoms with Crippen molar-refractivity contribution < 1.29 is 9.59 Å². The summed E-state index contributed by atoms with van der Waals surface area (Å²) in [6.45, 7) is 1.87. The minimum absolute atomic E-state index is 0.00582. The summed E-state index contributed by atoms with van der Waals surface area (Å²) in [5.74, 6) is 0.864. The van der Waals surface area contributed by atoms with Crippen LogP contribution in [0.4, 0.5) is 5.69 Å². The molecule has 2 unspecified atom stereocenters. The summed E-state index contributed by atoms with van der Waals surface area (Å²) in [5, 5.41) is 6.25. The van der Waals surface area contributed by atoms with Gasteiger partial charge in [-0.2, -0.15) is 0 Å². The first-order valence-electron chi connectivity index (χ1n) is 9.30. The highest BCUT2D eigenvalue weighted by molar-refractivity contribution is 6.31. The molecule has 4 saturated carbocycles. The molecule has 4 nitrogen and oxygen atoms in total. The number of benzene rings is 1. The zero-order valence-electron chi connectivity index (χ0n) is 14.9. The van der Waals surface area contributed by atoms with Gasteiger partial charge in [-0.15, -0.1) is 11.6 Å². The Morgan fingerprint density at radius 2 is 1.88 bits per heavy atom. The van der Waals surface area contributed by atoms with Crippen molar-refractivity contribution in [2.45, 2.75) is 50.3 Å². The van der Waals surface area contributed by atoms with Gasteiger partial charge in [0, 0.05) is 15.6 Å². The van der Waals surface area contributed by atoms with Crippen LogP contribution in [0.25, 0.3) is 0 Å². The van der Waals surface area contributed by atoms with Crippen LogP contribution in [0.3, 0.4) is 0 Å². The number of hydrogen-bond donors (Lipinski definition) is 2. The number of rotatable bonds is 4. The maximum atomic E-state index is 12.9. The second-order valence-corrected chi connectivity index (χ2v) is 9.80. The Morgan fingerprint density at radius 3 is 2.50 bits per heavy atom. The molecule has 2 amide bonds. The lowest BCUT2D eigenvalue weighted by atomic mass is 9.49. The minimum Gasteiger partial charge on any atom is -0.347 e. The van der Waals surface area contributed by atoms with Crippen molar-refractivity contribution in [1.82, 2.24) is 5.32 Å². The molecule has 26 heavy (non-hydrogen) atoms. The highest BCUT2D eigenvalue weighted by atomic mass is 35.5. The van der Waals surface area contributed by atoms with Crippen LogP contribution in [0, 0.1) is 24.2 Å². The maximum absolute atomic E-state index is 12.9. The maximum Gasteiger partial charge on any atom is 0.243 e. The Labute approximate surface area is 164 Å². The van der Waals surface area contributed by atoms with Gasteiger partial charge >= 0.3 is 0 Å². The zero-order chi connectivity index (χ0) is 18.5. The third-order valence-electron chi connectivity index (χ3n) is 6.34. The molecule has 4 atom stereocenters. The Balaban J connectivity index is 1.36. The normalized spacial score (nSPS) is 34.6. The van der Waals surface area contributed by atoms with E-state index in [-0.39, 0.29) is 28.6 Å². The molecule has 4 aliphatic rings. The lowest BCUT2D eigenvalue weighted by Gasteiger charge is -2.59. The molecule has 0 aromatic heterocycles. The van der Waals surface area contributed by atoms with Gasteiger partial charge in [0.1, 0.15) is 0 Å². The van der Waals surface area contributed by atoms with Crippen LogP contribution in [0.1, 0.15) is 44.1 Å². The Hall–Kier alpha value is -1.26. The van der Waals surface area contributed by atoms with Gasteiger partial charge in [0.25, 0.3) is 0 Å². The molecule has 4 fully saturated rings. The Morgan fingerprint density at radius 1 is 1.19 bits per heavy atom. The van der Waals surface area contributed by atoms with Crippen molar-refractivity contribution in [3.8, 4) is 0 Å². The number of nitrogens with one attached hydrogen (secondary N) is 2. The molecule has 6 heteroatoms. The Kier molecular flexibility index (Phi) is 4.47. The lowest BCUT2D eigenvalue weighted by Crippen LogP contribution is -2.58. The Bertz CT molecular complexity index is 750. The van der Waals surface area contributed by atoms with Crippen molar-refractivity contribution in [2.75, 3.05) is 11.9 Å². The van der Waals surface area contributed by atoms with E-state index in [0.717, 1.165) is 37.7 Å². The van der Waals surface area contributed by atoms with Gasteiger partial charge in [-0.1, -0.05) is 17.7 Å². The molecule has 2 N–H and O–H groups in total. The first-order chi connectivity index (χ1) is 12.3. The highest BCUT2D eigenvalue weighted by Crippen LogP contribution is 2.63. The minimum atomic E-state index is -0.376. The van der Waals surface area contributed by atoms with Crippen molar-refractivity contribution in [3.05, 3.63) is 28.8 Å². The third-order valence-corrected chi connectivity index (χ3v) is 7.19. The number of anilines is 1. The second kappa shape index (κ2) is 6.42. The molecule has 0 radical (unpaired) electrons. The molecule has 4 aliphatic carbocycles. The predicted molar refractivity (Wildman–Crippen MR) is 104 cm³/mol. The molecule has 0 spiro atoms. The van der Waals surface area contributed by atoms with Gasteiger partial charge in [0.15, 0.2) is 0 Å². The van der Waals surface area contributed by atoms with Crippen LogP contribution < -0.4 is 10.6 Å². The fourth-order valence-corrected chi connectivity index (χ4v) is 6.51. The summed E-state index contributed by atoms with van der Waals surface area (Å²) in [6.07, 6.45) is 5.86. The van der Waals surface area contributed by atoms with E-state index in [4.69, 9.17) is 23.2 Å². The molecule has 4 bridgehead atoms. The molecule has 0 saturated heterocycles. The van der Waals surface area contributed by atoms with E-state index in [0.29, 0.717) is 22.5 Å². The number of alkyl halides is 1. The van der Waals surface area contributed by atoms with E-state index < -0.39 is 0 Å². The number of aryl methyl sites for hydroxylation is 1. The van der Waals surface area contributed by atoms with E-state index in [1.807, 2.05) is 13.0 Å². The molecule has 5 rings (SSSR count). The van der Waals surface area contributed by atoms with Crippen LogP contribution in [0.5, 0.6) is 0 Å². The first kappa shape index (κ1) is 18.1. The lowest BCUT2D eigenvalue weighted by molar-refractivity contribution is -0.145. The molecule has 1 aromatic carbocycles. The van der Waals surface area contributed by atoms with Gasteiger partial charge in [-0.25, -0.2) is 0 Å². The average molecular weight is 395 g/mol. The topological polar surface area (TPSA) is 58.2 Å². The number of hydrogen-bond acceptors (Lipinski definition) is 2. The molecular formula is C20H24Cl2N2O2. The quantitative estimate of drug-likeness (QED) is 0.748. The van der Waals surface area contributed by atoms with E-state index in [1.165, 1.54) is 6.42 Å². The van der Waals surface area contributed by atoms with Crippen molar-refractivity contribution in [3.63, 3.8) is 0 Å². The third kappa shape index (κ3) is 3.34. The summed E-state index contributed by atoms with van der Waals surface area (Å²) in [7, 11) is 0.